The molecule has 0 atom stereocenters. The predicted octanol–water partition coefficient (Wildman–Crippen LogP) is 0.581. The van der Waals surface area contributed by atoms with Crippen LogP contribution in [-0.2, 0) is 9.59 Å². The summed E-state index contributed by atoms with van der Waals surface area (Å²) in [7, 11) is 0. The molecule has 1 heterocycles. The van der Waals surface area contributed by atoms with Crippen LogP contribution in [0.3, 0.4) is 0 Å². The highest BCUT2D eigenvalue weighted by Crippen LogP contribution is 2.17. The van der Waals surface area contributed by atoms with Gasteiger partial charge in [0.1, 0.15) is 5.82 Å². The fourth-order valence-corrected chi connectivity index (χ4v) is 0.987. The largest absolute Gasteiger partial charge is 0.396 e. The minimum absolute atomic E-state index is 0.235. The summed E-state index contributed by atoms with van der Waals surface area (Å²) in [6, 6.07) is 3.12. The van der Waals surface area contributed by atoms with E-state index in [-0.39, 0.29) is 17.6 Å². The first-order valence-electron chi connectivity index (χ1n) is 4.30. The lowest BCUT2D eigenvalue weighted by Crippen LogP contribution is -2.13. The van der Waals surface area contributed by atoms with E-state index < -0.39 is 0 Å². The van der Waals surface area contributed by atoms with Gasteiger partial charge in [0.05, 0.1) is 5.69 Å². The SMILES string of the molecule is CC(=O)Nc1ccc(N)c(NC(C)=O)n1. The zero-order valence-corrected chi connectivity index (χ0v) is 8.50. The number of anilines is 3. The van der Waals surface area contributed by atoms with Crippen LogP contribution in [0.4, 0.5) is 17.3 Å². The molecular formula is C9H12N4O2. The Labute approximate surface area is 86.9 Å². The van der Waals surface area contributed by atoms with Crippen LogP contribution in [0, 0.1) is 0 Å². The molecule has 15 heavy (non-hydrogen) atoms. The summed E-state index contributed by atoms with van der Waals surface area (Å²) in [6.45, 7) is 2.72. The fourth-order valence-electron chi connectivity index (χ4n) is 0.987. The van der Waals surface area contributed by atoms with Gasteiger partial charge in [-0.05, 0) is 12.1 Å². The van der Waals surface area contributed by atoms with E-state index in [0.29, 0.717) is 11.5 Å². The molecule has 1 aromatic rings. The number of aromatic nitrogens is 1. The van der Waals surface area contributed by atoms with E-state index in [2.05, 4.69) is 15.6 Å². The van der Waals surface area contributed by atoms with Crippen molar-refractivity contribution in [3.8, 4) is 0 Å². The lowest BCUT2D eigenvalue weighted by atomic mass is 10.3. The van der Waals surface area contributed by atoms with Crippen LogP contribution in [0.15, 0.2) is 12.1 Å². The first kappa shape index (κ1) is 11.0. The Morgan fingerprint density at radius 2 is 1.80 bits per heavy atom. The average molecular weight is 208 g/mol. The van der Waals surface area contributed by atoms with Crippen molar-refractivity contribution < 1.29 is 9.59 Å². The molecule has 0 unspecified atom stereocenters. The number of carbonyl (C=O) groups excluding carboxylic acids is 2. The van der Waals surface area contributed by atoms with E-state index in [1.807, 2.05) is 0 Å². The van der Waals surface area contributed by atoms with Crippen LogP contribution in [-0.4, -0.2) is 16.8 Å². The van der Waals surface area contributed by atoms with Gasteiger partial charge >= 0.3 is 0 Å². The summed E-state index contributed by atoms with van der Waals surface area (Å²) < 4.78 is 0. The minimum Gasteiger partial charge on any atom is -0.396 e. The highest BCUT2D eigenvalue weighted by Gasteiger charge is 2.05. The summed E-state index contributed by atoms with van der Waals surface area (Å²) in [6.07, 6.45) is 0. The molecule has 0 spiro atoms. The molecule has 0 saturated carbocycles. The second kappa shape index (κ2) is 4.41. The molecule has 0 radical (unpaired) electrons. The standard InChI is InChI=1S/C9H12N4O2/c1-5(14)11-8-4-3-7(10)9(13-8)12-6(2)15/h3-4H,10H2,1-2H3,(H2,11,12,13,14,15). The maximum Gasteiger partial charge on any atom is 0.222 e. The molecular weight excluding hydrogens is 196 g/mol. The number of amides is 2. The highest BCUT2D eigenvalue weighted by molar-refractivity contribution is 5.92. The number of carbonyl (C=O) groups is 2. The third-order valence-electron chi connectivity index (χ3n) is 1.52. The van der Waals surface area contributed by atoms with Crippen LogP contribution >= 0.6 is 0 Å². The van der Waals surface area contributed by atoms with E-state index in [0.717, 1.165) is 0 Å². The Bertz CT molecular complexity index is 403. The Hall–Kier alpha value is -2.11. The molecule has 0 saturated heterocycles. The first-order chi connectivity index (χ1) is 6.99. The molecule has 4 N–H and O–H groups in total. The minimum atomic E-state index is -0.269. The maximum absolute atomic E-state index is 10.8. The molecule has 6 nitrogen and oxygen atoms in total. The molecule has 2 amide bonds. The topological polar surface area (TPSA) is 97.1 Å². The Kier molecular flexibility index (Phi) is 3.22. The fraction of sp³-hybridized carbons (Fsp3) is 0.222. The second-order valence-corrected chi connectivity index (χ2v) is 3.00. The van der Waals surface area contributed by atoms with E-state index in [1.54, 1.807) is 12.1 Å². The van der Waals surface area contributed by atoms with Gasteiger partial charge in [0.15, 0.2) is 5.82 Å². The highest BCUT2D eigenvalue weighted by atomic mass is 16.2. The molecule has 0 fully saturated rings. The van der Waals surface area contributed by atoms with Crippen molar-refractivity contribution in [3.05, 3.63) is 12.1 Å². The molecule has 0 aromatic carbocycles. The normalized spacial score (nSPS) is 9.47. The Balaban J connectivity index is 2.94. The van der Waals surface area contributed by atoms with Gasteiger partial charge in [-0.15, -0.1) is 0 Å². The first-order valence-corrected chi connectivity index (χ1v) is 4.30. The van der Waals surface area contributed by atoms with Gasteiger partial charge in [-0.3, -0.25) is 9.59 Å². The third-order valence-corrected chi connectivity index (χ3v) is 1.52. The smallest absolute Gasteiger partial charge is 0.222 e. The summed E-state index contributed by atoms with van der Waals surface area (Å²) in [4.78, 5) is 25.5. The van der Waals surface area contributed by atoms with Gasteiger partial charge in [-0.1, -0.05) is 0 Å². The zero-order valence-electron chi connectivity index (χ0n) is 8.50. The quantitative estimate of drug-likeness (QED) is 0.662. The van der Waals surface area contributed by atoms with Crippen LogP contribution in [0.2, 0.25) is 0 Å². The number of nitrogen functional groups attached to an aromatic ring is 1. The van der Waals surface area contributed by atoms with E-state index >= 15 is 0 Å². The summed E-state index contributed by atoms with van der Waals surface area (Å²) >= 11 is 0. The monoisotopic (exact) mass is 208 g/mol. The second-order valence-electron chi connectivity index (χ2n) is 3.00. The molecule has 6 heteroatoms. The predicted molar refractivity (Wildman–Crippen MR) is 57.3 cm³/mol. The van der Waals surface area contributed by atoms with E-state index in [1.165, 1.54) is 13.8 Å². The maximum atomic E-state index is 10.8. The molecule has 1 rings (SSSR count). The van der Waals surface area contributed by atoms with E-state index in [4.69, 9.17) is 5.73 Å². The molecule has 1 aromatic heterocycles. The zero-order chi connectivity index (χ0) is 11.4. The molecule has 0 aliphatic carbocycles. The van der Waals surface area contributed by atoms with Crippen molar-refractivity contribution in [1.29, 1.82) is 0 Å². The lowest BCUT2D eigenvalue weighted by Gasteiger charge is -2.07. The van der Waals surface area contributed by atoms with Gasteiger partial charge in [-0.25, -0.2) is 4.98 Å². The van der Waals surface area contributed by atoms with Crippen LogP contribution in [0.5, 0.6) is 0 Å². The third kappa shape index (κ3) is 3.26. The van der Waals surface area contributed by atoms with Crippen molar-refractivity contribution in [1.82, 2.24) is 4.98 Å². The average Bonchev–Trinajstić information content (AvgIpc) is 2.09. The van der Waals surface area contributed by atoms with Crippen molar-refractivity contribution in [2.45, 2.75) is 13.8 Å². The number of rotatable bonds is 2. The van der Waals surface area contributed by atoms with Crippen molar-refractivity contribution >= 4 is 29.1 Å². The summed E-state index contributed by atoms with van der Waals surface area (Å²) in [5.41, 5.74) is 5.93. The molecule has 0 bridgehead atoms. The Morgan fingerprint density at radius 1 is 1.20 bits per heavy atom. The lowest BCUT2D eigenvalue weighted by molar-refractivity contribution is -0.115. The molecule has 80 valence electrons. The number of nitrogens with zero attached hydrogens (tertiary/aromatic N) is 1. The molecule has 0 aliphatic heterocycles. The van der Waals surface area contributed by atoms with Gasteiger partial charge < -0.3 is 16.4 Å². The van der Waals surface area contributed by atoms with Crippen molar-refractivity contribution in [2.24, 2.45) is 0 Å². The van der Waals surface area contributed by atoms with Crippen LogP contribution in [0.1, 0.15) is 13.8 Å². The van der Waals surface area contributed by atoms with Crippen LogP contribution in [0.25, 0.3) is 0 Å². The Morgan fingerprint density at radius 3 is 2.33 bits per heavy atom. The number of hydrogen-bond donors (Lipinski definition) is 3. The number of nitrogens with two attached hydrogens (primary N) is 1. The van der Waals surface area contributed by atoms with E-state index in [9.17, 15) is 9.59 Å². The van der Waals surface area contributed by atoms with Gasteiger partial charge in [-0.2, -0.15) is 0 Å². The van der Waals surface area contributed by atoms with Crippen molar-refractivity contribution in [2.75, 3.05) is 16.4 Å². The molecule has 0 aliphatic rings. The number of pyridine rings is 1. The number of nitrogens with one attached hydrogen (secondary N) is 2. The van der Waals surface area contributed by atoms with Crippen LogP contribution < -0.4 is 16.4 Å². The van der Waals surface area contributed by atoms with Gasteiger partial charge in [0, 0.05) is 13.8 Å². The number of hydrogen-bond acceptors (Lipinski definition) is 4. The van der Waals surface area contributed by atoms with Gasteiger partial charge in [0.25, 0.3) is 0 Å². The summed E-state index contributed by atoms with van der Waals surface area (Å²) in [5, 5.41) is 4.95. The van der Waals surface area contributed by atoms with Crippen molar-refractivity contribution in [3.63, 3.8) is 0 Å². The summed E-state index contributed by atoms with van der Waals surface area (Å²) in [5.74, 6) is 0.0874. The van der Waals surface area contributed by atoms with Gasteiger partial charge in [0.2, 0.25) is 11.8 Å².